The summed E-state index contributed by atoms with van der Waals surface area (Å²) < 4.78 is 2.10. The number of nitrogens with two attached hydrogens (primary N) is 1. The number of benzene rings is 1. The molecule has 0 atom stereocenters. The fourth-order valence-corrected chi connectivity index (χ4v) is 2.47. The maximum Gasteiger partial charge on any atom is 0.256 e. The van der Waals surface area contributed by atoms with E-state index in [2.05, 4.69) is 21.2 Å². The van der Waals surface area contributed by atoms with Crippen LogP contribution in [-0.4, -0.2) is 10.5 Å². The average Bonchev–Trinajstić information content (AvgIpc) is 2.36. The number of halogens is 1. The molecule has 1 amide bonds. The van der Waals surface area contributed by atoms with Gasteiger partial charge in [0.2, 0.25) is 0 Å². The van der Waals surface area contributed by atoms with Crippen molar-refractivity contribution in [3.8, 4) is 0 Å². The van der Waals surface area contributed by atoms with E-state index in [0.29, 0.717) is 21.4 Å². The second-order valence-electron chi connectivity index (χ2n) is 4.53. The van der Waals surface area contributed by atoms with Gasteiger partial charge in [-0.15, -0.1) is 0 Å². The largest absolute Gasteiger partial charge is 0.397 e. The predicted molar refractivity (Wildman–Crippen MR) is 82.9 cm³/mol. The highest BCUT2D eigenvalue weighted by Crippen LogP contribution is 2.30. The Kier molecular flexibility index (Phi) is 3.94. The molecule has 2 rings (SSSR count). The molecular weight excluding hydrogens is 322 g/mol. The molecule has 20 heavy (non-hydrogen) atoms. The summed E-state index contributed by atoms with van der Waals surface area (Å²) in [5.41, 5.74) is 7.90. The number of anilines is 2. The zero-order valence-corrected chi connectivity index (χ0v) is 12.7. The quantitative estimate of drug-likeness (QED) is 0.826. The first-order valence-electron chi connectivity index (χ1n) is 5.92. The second-order valence-corrected chi connectivity index (χ2v) is 5.38. The number of carbonyl (C=O) groups is 1. The number of aromatic nitrogens is 1. The van der Waals surface area contributed by atoms with E-state index < -0.39 is 0 Å². The van der Waals surface area contributed by atoms with Crippen LogP contribution in [0.5, 0.6) is 0 Å². The molecule has 0 aliphatic rings. The van der Waals surface area contributed by atoms with Crippen molar-refractivity contribution in [1.29, 1.82) is 0 Å². The van der Waals surface area contributed by atoms with Gasteiger partial charge in [0.05, 0.1) is 11.4 Å². The van der Waals surface area contributed by atoms with Crippen LogP contribution in [0.1, 0.15) is 15.9 Å². The Morgan fingerprint density at radius 2 is 2.05 bits per heavy atom. The molecule has 3 N–H and O–H groups in total. The molecule has 1 aromatic heterocycles. The molecule has 0 unspecified atom stereocenters. The van der Waals surface area contributed by atoms with E-state index in [-0.39, 0.29) is 11.5 Å². The zero-order chi connectivity index (χ0) is 14.9. The molecule has 0 spiro atoms. The average molecular weight is 336 g/mol. The molecule has 1 aromatic carbocycles. The van der Waals surface area contributed by atoms with E-state index in [1.807, 2.05) is 13.0 Å². The number of hydrogen-bond acceptors (Lipinski definition) is 3. The van der Waals surface area contributed by atoms with Gasteiger partial charge in [0.25, 0.3) is 11.5 Å². The van der Waals surface area contributed by atoms with Gasteiger partial charge in [-0.3, -0.25) is 9.59 Å². The van der Waals surface area contributed by atoms with Crippen molar-refractivity contribution in [1.82, 2.24) is 4.57 Å². The number of pyridine rings is 1. The second kappa shape index (κ2) is 5.50. The lowest BCUT2D eigenvalue weighted by Crippen LogP contribution is -2.20. The first-order chi connectivity index (χ1) is 9.38. The number of nitrogens with one attached hydrogen (secondary N) is 1. The lowest BCUT2D eigenvalue weighted by atomic mass is 10.2. The van der Waals surface area contributed by atoms with Crippen LogP contribution in [0.2, 0.25) is 0 Å². The monoisotopic (exact) mass is 335 g/mol. The third-order valence-corrected chi connectivity index (χ3v) is 3.50. The van der Waals surface area contributed by atoms with Gasteiger partial charge < -0.3 is 15.6 Å². The minimum atomic E-state index is -0.376. The summed E-state index contributed by atoms with van der Waals surface area (Å²) >= 11 is 3.36. The lowest BCUT2D eigenvalue weighted by Gasteiger charge is -2.11. The molecule has 0 aliphatic carbocycles. The summed E-state index contributed by atoms with van der Waals surface area (Å²) in [7, 11) is 1.62. The van der Waals surface area contributed by atoms with Gasteiger partial charge in [-0.1, -0.05) is 0 Å². The molecule has 0 fully saturated rings. The normalized spacial score (nSPS) is 10.3. The molecule has 104 valence electrons. The Bertz CT molecular complexity index is 714. The van der Waals surface area contributed by atoms with Gasteiger partial charge >= 0.3 is 0 Å². The van der Waals surface area contributed by atoms with Gasteiger partial charge in [0.1, 0.15) is 0 Å². The van der Waals surface area contributed by atoms with E-state index in [4.69, 9.17) is 5.73 Å². The minimum Gasteiger partial charge on any atom is -0.397 e. The van der Waals surface area contributed by atoms with E-state index in [9.17, 15) is 9.59 Å². The Morgan fingerprint density at radius 1 is 1.35 bits per heavy atom. The smallest absolute Gasteiger partial charge is 0.256 e. The molecule has 5 nitrogen and oxygen atoms in total. The number of rotatable bonds is 2. The zero-order valence-electron chi connectivity index (χ0n) is 11.1. The Morgan fingerprint density at radius 3 is 2.65 bits per heavy atom. The van der Waals surface area contributed by atoms with Crippen LogP contribution in [0.25, 0.3) is 0 Å². The molecule has 0 bridgehead atoms. The highest BCUT2D eigenvalue weighted by atomic mass is 79.9. The van der Waals surface area contributed by atoms with Crippen LogP contribution in [0.3, 0.4) is 0 Å². The van der Waals surface area contributed by atoms with Gasteiger partial charge in [-0.05, 0) is 46.6 Å². The van der Waals surface area contributed by atoms with Crippen molar-refractivity contribution in [2.24, 2.45) is 7.05 Å². The summed E-state index contributed by atoms with van der Waals surface area (Å²) in [6.07, 6.45) is 1.55. The van der Waals surface area contributed by atoms with Crippen molar-refractivity contribution >= 4 is 33.2 Å². The van der Waals surface area contributed by atoms with Gasteiger partial charge in [0, 0.05) is 29.3 Å². The third-order valence-electron chi connectivity index (χ3n) is 2.87. The van der Waals surface area contributed by atoms with Crippen molar-refractivity contribution in [2.45, 2.75) is 6.92 Å². The minimum absolute atomic E-state index is 0.242. The van der Waals surface area contributed by atoms with Crippen molar-refractivity contribution in [2.75, 3.05) is 11.1 Å². The molecule has 1 heterocycles. The summed E-state index contributed by atoms with van der Waals surface area (Å²) in [5.74, 6) is -0.376. The lowest BCUT2D eigenvalue weighted by molar-refractivity contribution is 0.102. The summed E-state index contributed by atoms with van der Waals surface area (Å²) in [5, 5.41) is 2.71. The van der Waals surface area contributed by atoms with Crippen molar-refractivity contribution < 1.29 is 4.79 Å². The van der Waals surface area contributed by atoms with Gasteiger partial charge in [-0.2, -0.15) is 0 Å². The molecular formula is C14H14BrN3O2. The van der Waals surface area contributed by atoms with E-state index in [1.165, 1.54) is 10.6 Å². The highest BCUT2D eigenvalue weighted by Gasteiger charge is 2.12. The molecule has 0 radical (unpaired) electrons. The summed E-state index contributed by atoms with van der Waals surface area (Å²) in [6.45, 7) is 1.91. The Labute approximate surface area is 124 Å². The molecule has 6 heteroatoms. The molecule has 2 aromatic rings. The number of amides is 1. The van der Waals surface area contributed by atoms with Gasteiger partial charge in [-0.25, -0.2) is 0 Å². The fraction of sp³-hybridized carbons (Fsp3) is 0.143. The Balaban J connectivity index is 2.32. The Hall–Kier alpha value is -2.08. The van der Waals surface area contributed by atoms with Crippen LogP contribution in [0.15, 0.2) is 39.7 Å². The van der Waals surface area contributed by atoms with Crippen LogP contribution in [0, 0.1) is 6.92 Å². The standard InChI is InChI=1S/C14H14BrN3O2/c1-8-5-10(15)13(11(16)6-8)17-14(20)9-3-4-18(2)12(19)7-9/h3-7H,16H2,1-2H3,(H,17,20). The topological polar surface area (TPSA) is 77.1 Å². The SMILES string of the molecule is Cc1cc(N)c(NC(=O)c2ccn(C)c(=O)c2)c(Br)c1. The maximum atomic E-state index is 12.1. The highest BCUT2D eigenvalue weighted by molar-refractivity contribution is 9.10. The number of aryl methyl sites for hydroxylation is 2. The first-order valence-corrected chi connectivity index (χ1v) is 6.71. The number of nitrogen functional groups attached to an aromatic ring is 1. The first kappa shape index (κ1) is 14.3. The van der Waals surface area contributed by atoms with Crippen LogP contribution < -0.4 is 16.6 Å². The molecule has 0 saturated heterocycles. The van der Waals surface area contributed by atoms with E-state index in [1.54, 1.807) is 25.4 Å². The fourth-order valence-electron chi connectivity index (χ4n) is 1.78. The summed E-state index contributed by atoms with van der Waals surface area (Å²) in [6, 6.07) is 6.49. The van der Waals surface area contributed by atoms with Crippen LogP contribution >= 0.6 is 15.9 Å². The van der Waals surface area contributed by atoms with Crippen molar-refractivity contribution in [3.63, 3.8) is 0 Å². The molecule has 0 aliphatic heterocycles. The van der Waals surface area contributed by atoms with Gasteiger partial charge in [0.15, 0.2) is 0 Å². The van der Waals surface area contributed by atoms with Crippen LogP contribution in [-0.2, 0) is 7.05 Å². The summed E-state index contributed by atoms with van der Waals surface area (Å²) in [4.78, 5) is 23.7. The predicted octanol–water partition coefficient (Wildman–Crippen LogP) is 2.29. The van der Waals surface area contributed by atoms with E-state index in [0.717, 1.165) is 5.56 Å². The number of nitrogens with zero attached hydrogens (tertiary/aromatic N) is 1. The van der Waals surface area contributed by atoms with Crippen molar-refractivity contribution in [3.05, 3.63) is 56.4 Å². The number of carbonyl (C=O) groups excluding carboxylic acids is 1. The maximum absolute atomic E-state index is 12.1. The van der Waals surface area contributed by atoms with E-state index >= 15 is 0 Å². The number of hydrogen-bond donors (Lipinski definition) is 2. The third kappa shape index (κ3) is 2.91. The van der Waals surface area contributed by atoms with Crippen LogP contribution in [0.4, 0.5) is 11.4 Å². The molecule has 0 saturated carbocycles.